The third-order valence-electron chi connectivity index (χ3n) is 4.07. The number of halogens is 2. The molecule has 0 saturated heterocycles. The van der Waals surface area contributed by atoms with Crippen molar-refractivity contribution in [2.45, 2.75) is 32.5 Å². The van der Waals surface area contributed by atoms with Gasteiger partial charge in [0.25, 0.3) is 0 Å². The topological polar surface area (TPSA) is 51.1 Å². The molecule has 1 atom stereocenters. The van der Waals surface area contributed by atoms with Crippen LogP contribution in [0.5, 0.6) is 0 Å². The molecule has 5 nitrogen and oxygen atoms in total. The number of aliphatic imine (C=N–C) groups is 1. The van der Waals surface area contributed by atoms with Crippen LogP contribution in [0.1, 0.15) is 35.7 Å². The van der Waals surface area contributed by atoms with Gasteiger partial charge < -0.3 is 14.4 Å². The minimum absolute atomic E-state index is 0.154. The number of nitrogens with zero attached hydrogens (tertiary/aromatic N) is 2. The number of esters is 1. The van der Waals surface area contributed by atoms with Gasteiger partial charge in [-0.1, -0.05) is 55.3 Å². The summed E-state index contributed by atoms with van der Waals surface area (Å²) in [5.74, 6) is -0.370. The van der Waals surface area contributed by atoms with Crippen molar-refractivity contribution < 1.29 is 14.3 Å². The van der Waals surface area contributed by atoms with E-state index in [9.17, 15) is 4.79 Å². The van der Waals surface area contributed by atoms with Gasteiger partial charge in [0.2, 0.25) is 0 Å². The first-order chi connectivity index (χ1) is 14.0. The van der Waals surface area contributed by atoms with Gasteiger partial charge in [-0.05, 0) is 47.9 Å². The summed E-state index contributed by atoms with van der Waals surface area (Å²) < 4.78 is 11.0. The van der Waals surface area contributed by atoms with Crippen LogP contribution in [0.4, 0.5) is 0 Å². The Kier molecular flexibility index (Phi) is 9.98. The maximum Gasteiger partial charge on any atom is 0.338 e. The van der Waals surface area contributed by atoms with Crippen LogP contribution in [-0.2, 0) is 16.0 Å². The molecule has 0 saturated carbocycles. The van der Waals surface area contributed by atoms with Gasteiger partial charge in [0, 0.05) is 18.6 Å². The van der Waals surface area contributed by atoms with Crippen molar-refractivity contribution in [3.05, 3.63) is 70.7 Å². The lowest BCUT2D eigenvalue weighted by atomic mass is 10.2. The van der Waals surface area contributed by atoms with Crippen LogP contribution in [0, 0.1) is 0 Å². The highest BCUT2D eigenvalue weighted by Crippen LogP contribution is 2.13. The van der Waals surface area contributed by atoms with Gasteiger partial charge in [-0.2, -0.15) is 0 Å². The largest absolute Gasteiger partial charge is 0.460 e. The van der Waals surface area contributed by atoms with E-state index in [1.807, 2.05) is 49.2 Å². The molecule has 2 rings (SSSR count). The van der Waals surface area contributed by atoms with Crippen LogP contribution in [0.25, 0.3) is 0 Å². The Morgan fingerprint density at radius 3 is 2.45 bits per heavy atom. The fraction of sp³-hybridized carbons (Fsp3) is 0.364. The Hall–Kier alpha value is -2.08. The summed E-state index contributed by atoms with van der Waals surface area (Å²) in [6.45, 7) is 3.05. The van der Waals surface area contributed by atoms with Crippen molar-refractivity contribution in [2.75, 3.05) is 20.3 Å². The van der Waals surface area contributed by atoms with Gasteiger partial charge >= 0.3 is 5.97 Å². The number of ether oxygens (including phenoxy) is 2. The van der Waals surface area contributed by atoms with Gasteiger partial charge in [-0.3, -0.25) is 0 Å². The average Bonchev–Trinajstić information content (AvgIpc) is 2.73. The summed E-state index contributed by atoms with van der Waals surface area (Å²) in [4.78, 5) is 18.2. The van der Waals surface area contributed by atoms with Gasteiger partial charge in [0.05, 0.1) is 12.2 Å². The molecule has 0 spiro atoms. The highest BCUT2D eigenvalue weighted by Gasteiger charge is 2.12. The first-order valence-corrected chi connectivity index (χ1v) is 10.3. The van der Waals surface area contributed by atoms with Gasteiger partial charge in [0.15, 0.2) is 11.5 Å². The molecule has 0 amide bonds. The molecule has 0 heterocycles. The van der Waals surface area contributed by atoms with Crippen molar-refractivity contribution >= 4 is 34.5 Å². The minimum Gasteiger partial charge on any atom is -0.460 e. The quantitative estimate of drug-likeness (QED) is 0.165. The Balaban J connectivity index is 1.82. The Morgan fingerprint density at radius 1 is 1.10 bits per heavy atom. The molecule has 0 radical (unpaired) electrons. The summed E-state index contributed by atoms with van der Waals surface area (Å²) in [6, 6.07) is 16.4. The standard InChI is InChI=1S/C22H26Cl2N2O3/c1-3-7-20(28-14-15-29-21(27)18-8-5-4-6-9-18)25-22(24)26(2)16-17-10-12-19(23)13-11-17/h4-6,8-13,20H,3,7,14-16H2,1-2H3. The molecule has 0 aromatic heterocycles. The third kappa shape index (κ3) is 8.44. The Morgan fingerprint density at radius 2 is 1.79 bits per heavy atom. The van der Waals surface area contributed by atoms with Crippen molar-refractivity contribution in [1.82, 2.24) is 4.90 Å². The van der Waals surface area contributed by atoms with Gasteiger partial charge in [0.1, 0.15) is 6.61 Å². The lowest BCUT2D eigenvalue weighted by Gasteiger charge is -2.20. The number of hydrogen-bond donors (Lipinski definition) is 0. The molecule has 7 heteroatoms. The zero-order valence-corrected chi connectivity index (χ0v) is 18.2. The first-order valence-electron chi connectivity index (χ1n) is 9.52. The molecule has 0 fully saturated rings. The van der Waals surface area contributed by atoms with E-state index >= 15 is 0 Å². The maximum absolute atomic E-state index is 11.9. The highest BCUT2D eigenvalue weighted by molar-refractivity contribution is 6.64. The summed E-state index contributed by atoms with van der Waals surface area (Å²) in [5.41, 5.74) is 1.59. The lowest BCUT2D eigenvalue weighted by molar-refractivity contribution is 0.00731. The zero-order chi connectivity index (χ0) is 21.1. The Bertz CT molecular complexity index is 782. The number of amidine groups is 1. The summed E-state index contributed by atoms with van der Waals surface area (Å²) in [7, 11) is 1.87. The maximum atomic E-state index is 11.9. The van der Waals surface area contributed by atoms with Crippen LogP contribution < -0.4 is 0 Å². The predicted molar refractivity (Wildman–Crippen MR) is 118 cm³/mol. The molecule has 0 aliphatic carbocycles. The van der Waals surface area contributed by atoms with Crippen molar-refractivity contribution in [2.24, 2.45) is 4.99 Å². The molecular formula is C22H26Cl2N2O3. The summed E-state index contributed by atoms with van der Waals surface area (Å²) in [6.07, 6.45) is 1.22. The second-order valence-corrected chi connectivity index (χ2v) is 7.27. The van der Waals surface area contributed by atoms with E-state index in [1.165, 1.54) is 0 Å². The van der Waals surface area contributed by atoms with Crippen molar-refractivity contribution in [3.63, 3.8) is 0 Å². The fourth-order valence-electron chi connectivity index (χ4n) is 2.55. The molecular weight excluding hydrogens is 411 g/mol. The summed E-state index contributed by atoms with van der Waals surface area (Å²) >= 11 is 12.3. The molecule has 2 aromatic rings. The number of carbonyl (C=O) groups excluding carboxylic acids is 1. The highest BCUT2D eigenvalue weighted by atomic mass is 35.5. The molecule has 2 aromatic carbocycles. The van der Waals surface area contributed by atoms with Crippen LogP contribution >= 0.6 is 23.2 Å². The second-order valence-electron chi connectivity index (χ2n) is 6.50. The van der Waals surface area contributed by atoms with E-state index in [0.717, 1.165) is 18.4 Å². The smallest absolute Gasteiger partial charge is 0.338 e. The Labute approximate surface area is 182 Å². The normalized spacial score (nSPS) is 12.5. The van der Waals surface area contributed by atoms with E-state index in [1.54, 1.807) is 24.3 Å². The SMILES string of the molecule is CCCC(N=C(Cl)N(C)Cc1ccc(Cl)cc1)OCCOC(=O)c1ccccc1. The molecule has 0 bridgehead atoms. The molecule has 156 valence electrons. The first kappa shape index (κ1) is 23.2. The predicted octanol–water partition coefficient (Wildman–Crippen LogP) is 5.37. The van der Waals surface area contributed by atoms with Crippen LogP contribution in [-0.4, -0.2) is 42.7 Å². The van der Waals surface area contributed by atoms with Crippen LogP contribution in [0.2, 0.25) is 5.02 Å². The number of rotatable bonds is 10. The number of benzene rings is 2. The minimum atomic E-state index is -0.393. The van der Waals surface area contributed by atoms with Crippen molar-refractivity contribution in [3.8, 4) is 0 Å². The molecule has 0 aliphatic rings. The van der Waals surface area contributed by atoms with Gasteiger partial charge in [-0.25, -0.2) is 9.79 Å². The zero-order valence-electron chi connectivity index (χ0n) is 16.7. The monoisotopic (exact) mass is 436 g/mol. The third-order valence-corrected chi connectivity index (χ3v) is 4.71. The summed E-state index contributed by atoms with van der Waals surface area (Å²) in [5, 5.41) is 1.06. The van der Waals surface area contributed by atoms with E-state index in [-0.39, 0.29) is 19.2 Å². The van der Waals surface area contributed by atoms with Gasteiger partial charge in [-0.15, -0.1) is 0 Å². The van der Waals surface area contributed by atoms with E-state index in [4.69, 9.17) is 32.7 Å². The lowest BCUT2D eigenvalue weighted by Crippen LogP contribution is -2.25. The van der Waals surface area contributed by atoms with E-state index in [2.05, 4.69) is 4.99 Å². The number of hydrogen-bond acceptors (Lipinski definition) is 4. The van der Waals surface area contributed by atoms with Crippen molar-refractivity contribution in [1.29, 1.82) is 0 Å². The molecule has 0 aliphatic heterocycles. The molecule has 1 unspecified atom stereocenters. The second kappa shape index (κ2) is 12.5. The van der Waals surface area contributed by atoms with E-state index < -0.39 is 6.23 Å². The fourth-order valence-corrected chi connectivity index (χ4v) is 2.85. The molecule has 0 N–H and O–H groups in total. The van der Waals surface area contributed by atoms with Crippen LogP contribution in [0.3, 0.4) is 0 Å². The van der Waals surface area contributed by atoms with E-state index in [0.29, 0.717) is 22.4 Å². The molecule has 29 heavy (non-hydrogen) atoms. The average molecular weight is 437 g/mol. The number of carbonyl (C=O) groups is 1. The van der Waals surface area contributed by atoms with Crippen LogP contribution in [0.15, 0.2) is 59.6 Å².